The van der Waals surface area contributed by atoms with Gasteiger partial charge in [0.2, 0.25) is 0 Å². The Morgan fingerprint density at radius 2 is 2.47 bits per heavy atom. The number of hydrogen-bond acceptors (Lipinski definition) is 4. The maximum Gasteiger partial charge on any atom is 0.326 e. The number of rotatable bonds is 4. The molecule has 0 spiro atoms. The Kier molecular flexibility index (Phi) is 3.74. The van der Waals surface area contributed by atoms with Gasteiger partial charge >= 0.3 is 5.97 Å². The molecule has 0 aromatic carbocycles. The first kappa shape index (κ1) is 11.6. The van der Waals surface area contributed by atoms with Gasteiger partial charge in [-0.3, -0.25) is 4.79 Å². The summed E-state index contributed by atoms with van der Waals surface area (Å²) in [5.74, 6) is -0.0589. The van der Waals surface area contributed by atoms with Gasteiger partial charge in [-0.05, 0) is 6.92 Å². The molecule has 0 fully saturated rings. The van der Waals surface area contributed by atoms with E-state index in [1.807, 2.05) is 0 Å². The van der Waals surface area contributed by atoms with Crippen LogP contribution in [0, 0.1) is 0 Å². The number of nitrogens with two attached hydrogens (primary N) is 1. The van der Waals surface area contributed by atoms with Crippen LogP contribution in [-0.4, -0.2) is 22.1 Å². The van der Waals surface area contributed by atoms with Gasteiger partial charge in [-0.25, -0.2) is 4.98 Å². The zero-order valence-electron chi connectivity index (χ0n) is 8.36. The van der Waals surface area contributed by atoms with Crippen LogP contribution in [0.1, 0.15) is 12.6 Å². The van der Waals surface area contributed by atoms with Crippen LogP contribution in [0.15, 0.2) is 12.9 Å². The predicted molar refractivity (Wildman–Crippen MR) is 58.2 cm³/mol. The Bertz CT molecular complexity index is 387. The fourth-order valence-electron chi connectivity index (χ4n) is 1.07. The van der Waals surface area contributed by atoms with E-state index in [1.54, 1.807) is 6.92 Å². The van der Waals surface area contributed by atoms with Crippen molar-refractivity contribution in [1.29, 1.82) is 0 Å². The first-order valence-electron chi connectivity index (χ1n) is 4.37. The van der Waals surface area contributed by atoms with Crippen LogP contribution in [0.2, 0.25) is 0 Å². The van der Waals surface area contributed by atoms with Crippen molar-refractivity contribution in [2.45, 2.75) is 13.5 Å². The Balaban J connectivity index is 2.79. The summed E-state index contributed by atoms with van der Waals surface area (Å²) in [4.78, 5) is 15.1. The minimum atomic E-state index is -0.367. The summed E-state index contributed by atoms with van der Waals surface area (Å²) >= 11 is 5.65. The van der Waals surface area contributed by atoms with Crippen LogP contribution in [0.3, 0.4) is 0 Å². The second-order valence-corrected chi connectivity index (χ2v) is 3.27. The number of esters is 1. The van der Waals surface area contributed by atoms with E-state index >= 15 is 0 Å². The number of ether oxygens (including phenoxy) is 1. The highest BCUT2D eigenvalue weighted by atomic mass is 35.5. The van der Waals surface area contributed by atoms with Crippen molar-refractivity contribution < 1.29 is 9.53 Å². The highest BCUT2D eigenvalue weighted by Crippen LogP contribution is 2.21. The lowest BCUT2D eigenvalue weighted by Gasteiger charge is -2.04. The van der Waals surface area contributed by atoms with E-state index < -0.39 is 0 Å². The molecule has 0 saturated heterocycles. The predicted octanol–water partition coefficient (Wildman–Crippen LogP) is 1.24. The molecule has 1 aromatic heterocycles. The highest BCUT2D eigenvalue weighted by molar-refractivity contribution is 6.48. The van der Waals surface area contributed by atoms with E-state index in [9.17, 15) is 4.79 Å². The third kappa shape index (κ3) is 2.73. The first-order chi connectivity index (χ1) is 7.06. The summed E-state index contributed by atoms with van der Waals surface area (Å²) in [5, 5.41) is 0.245. The van der Waals surface area contributed by atoms with Crippen LogP contribution >= 0.6 is 11.6 Å². The van der Waals surface area contributed by atoms with Crippen molar-refractivity contribution >= 4 is 28.4 Å². The van der Waals surface area contributed by atoms with Crippen molar-refractivity contribution in [2.75, 3.05) is 12.3 Å². The number of imidazole rings is 1. The molecule has 0 amide bonds. The fraction of sp³-hybridized carbons (Fsp3) is 0.333. The number of carbonyl (C=O) groups is 1. The molecule has 0 unspecified atom stereocenters. The van der Waals surface area contributed by atoms with E-state index in [-0.39, 0.29) is 17.5 Å². The lowest BCUT2D eigenvalue weighted by atomic mass is 10.4. The number of carbonyl (C=O) groups excluding carboxylic acids is 1. The first-order valence-corrected chi connectivity index (χ1v) is 4.75. The smallest absolute Gasteiger partial charge is 0.326 e. The largest absolute Gasteiger partial charge is 0.465 e. The Hall–Kier alpha value is -1.49. The monoisotopic (exact) mass is 229 g/mol. The van der Waals surface area contributed by atoms with Gasteiger partial charge in [0.05, 0.1) is 18.0 Å². The summed E-state index contributed by atoms with van der Waals surface area (Å²) in [5.41, 5.74) is 6.09. The van der Waals surface area contributed by atoms with Gasteiger partial charge in [-0.2, -0.15) is 0 Å². The molecule has 0 aliphatic rings. The summed E-state index contributed by atoms with van der Waals surface area (Å²) in [6.07, 6.45) is 1.43. The molecule has 0 atom stereocenters. The maximum atomic E-state index is 11.2. The molecule has 1 heterocycles. The molecule has 6 heteroatoms. The second-order valence-electron chi connectivity index (χ2n) is 2.82. The number of hydrogen-bond donors (Lipinski definition) is 1. The van der Waals surface area contributed by atoms with Crippen LogP contribution in [-0.2, 0) is 16.1 Å². The summed E-state index contributed by atoms with van der Waals surface area (Å²) in [6.45, 7) is 5.61. The van der Waals surface area contributed by atoms with Crippen LogP contribution in [0.4, 0.5) is 5.82 Å². The fourth-order valence-corrected chi connectivity index (χ4v) is 1.22. The van der Waals surface area contributed by atoms with Crippen molar-refractivity contribution in [3.63, 3.8) is 0 Å². The van der Waals surface area contributed by atoms with E-state index in [0.717, 1.165) is 0 Å². The summed E-state index contributed by atoms with van der Waals surface area (Å²) < 4.78 is 6.23. The standard InChI is InChI=1S/C9H12ClN3O2/c1-3-15-7(14)4-13-5-12-8(6(2)10)9(13)11/h5H,2-4,11H2,1H3. The Labute approximate surface area is 92.5 Å². The summed E-state index contributed by atoms with van der Waals surface area (Å²) in [6, 6.07) is 0. The van der Waals surface area contributed by atoms with E-state index in [1.165, 1.54) is 10.9 Å². The molecule has 1 aromatic rings. The minimum absolute atomic E-state index is 0.0246. The average molecular weight is 230 g/mol. The SMILES string of the molecule is C=C(Cl)c1ncn(CC(=O)OCC)c1N. The molecule has 1 rings (SSSR count). The number of nitrogens with zero attached hydrogens (tertiary/aromatic N) is 2. The normalized spacial score (nSPS) is 10.0. The maximum absolute atomic E-state index is 11.2. The van der Waals surface area contributed by atoms with Gasteiger partial charge in [-0.1, -0.05) is 18.2 Å². The van der Waals surface area contributed by atoms with Crippen LogP contribution in [0.5, 0.6) is 0 Å². The quantitative estimate of drug-likeness (QED) is 0.789. The highest BCUT2D eigenvalue weighted by Gasteiger charge is 2.12. The van der Waals surface area contributed by atoms with Gasteiger partial charge in [-0.15, -0.1) is 0 Å². The molecule has 2 N–H and O–H groups in total. The zero-order valence-corrected chi connectivity index (χ0v) is 9.12. The van der Waals surface area contributed by atoms with Gasteiger partial charge in [0, 0.05) is 0 Å². The third-order valence-corrected chi connectivity index (χ3v) is 1.92. The molecule has 0 aliphatic heterocycles. The molecule has 0 radical (unpaired) electrons. The lowest BCUT2D eigenvalue weighted by molar-refractivity contribution is -0.143. The Morgan fingerprint density at radius 3 is 2.93 bits per heavy atom. The van der Waals surface area contributed by atoms with Crippen molar-refractivity contribution in [1.82, 2.24) is 9.55 Å². The Morgan fingerprint density at radius 1 is 1.80 bits per heavy atom. The molecular formula is C9H12ClN3O2. The number of anilines is 1. The van der Waals surface area contributed by atoms with Gasteiger partial charge in [0.15, 0.2) is 0 Å². The molecule has 5 nitrogen and oxygen atoms in total. The number of nitrogen functional groups attached to an aromatic ring is 1. The molecular weight excluding hydrogens is 218 g/mol. The van der Waals surface area contributed by atoms with Crippen molar-refractivity contribution in [2.24, 2.45) is 0 Å². The molecule has 0 saturated carbocycles. The third-order valence-electron chi connectivity index (χ3n) is 1.74. The lowest BCUT2D eigenvalue weighted by Crippen LogP contribution is -2.14. The van der Waals surface area contributed by atoms with E-state index in [0.29, 0.717) is 18.1 Å². The van der Waals surface area contributed by atoms with Crippen LogP contribution in [0.25, 0.3) is 5.03 Å². The summed E-state index contributed by atoms with van der Waals surface area (Å²) in [7, 11) is 0. The van der Waals surface area contributed by atoms with Gasteiger partial charge in [0.1, 0.15) is 18.1 Å². The molecule has 0 bridgehead atoms. The van der Waals surface area contributed by atoms with E-state index in [2.05, 4.69) is 11.6 Å². The number of halogens is 1. The van der Waals surface area contributed by atoms with Gasteiger partial charge in [0.25, 0.3) is 0 Å². The van der Waals surface area contributed by atoms with Crippen molar-refractivity contribution in [3.05, 3.63) is 18.6 Å². The topological polar surface area (TPSA) is 70.1 Å². The zero-order chi connectivity index (χ0) is 11.4. The average Bonchev–Trinajstić information content (AvgIpc) is 2.48. The van der Waals surface area contributed by atoms with Crippen LogP contribution < -0.4 is 5.73 Å². The number of aromatic nitrogens is 2. The molecule has 82 valence electrons. The molecule has 15 heavy (non-hydrogen) atoms. The minimum Gasteiger partial charge on any atom is -0.465 e. The van der Waals surface area contributed by atoms with E-state index in [4.69, 9.17) is 22.1 Å². The second kappa shape index (κ2) is 4.84. The van der Waals surface area contributed by atoms with Crippen molar-refractivity contribution in [3.8, 4) is 0 Å². The van der Waals surface area contributed by atoms with Gasteiger partial charge < -0.3 is 15.0 Å². The molecule has 0 aliphatic carbocycles.